The van der Waals surface area contributed by atoms with Gasteiger partial charge in [0, 0.05) is 11.5 Å². The Morgan fingerprint density at radius 3 is 2.10 bits per heavy atom. The summed E-state index contributed by atoms with van der Waals surface area (Å²) in [5.74, 6) is -2.46. The van der Waals surface area contributed by atoms with Crippen molar-refractivity contribution in [2.75, 3.05) is 0 Å². The summed E-state index contributed by atoms with van der Waals surface area (Å²) in [6, 6.07) is 3.05. The predicted molar refractivity (Wildman–Crippen MR) is 73.3 cm³/mol. The number of aliphatic carboxylic acids is 1. The molecule has 3 nitrogen and oxygen atoms in total. The number of aryl methyl sites for hydroxylation is 2. The molecule has 0 aliphatic heterocycles. The molecule has 1 fully saturated rings. The van der Waals surface area contributed by atoms with Crippen LogP contribution in [0.4, 0.5) is 4.39 Å². The maximum atomic E-state index is 13.6. The Hall–Kier alpha value is -1.71. The van der Waals surface area contributed by atoms with Gasteiger partial charge in [-0.15, -0.1) is 0 Å². The first-order valence-electron chi connectivity index (χ1n) is 6.95. The number of carboxylic acid groups (broad SMARTS) is 1. The van der Waals surface area contributed by atoms with Crippen molar-refractivity contribution in [1.82, 2.24) is 0 Å². The van der Waals surface area contributed by atoms with Crippen LogP contribution in [0.3, 0.4) is 0 Å². The van der Waals surface area contributed by atoms with E-state index in [-0.39, 0.29) is 11.6 Å². The highest BCUT2D eigenvalue weighted by Gasteiger charge is 2.36. The maximum Gasteiger partial charge on any atom is 0.307 e. The molecular formula is C16H19FO3. The van der Waals surface area contributed by atoms with Gasteiger partial charge in [-0.1, -0.05) is 12.8 Å². The highest BCUT2D eigenvalue weighted by Crippen LogP contribution is 2.33. The molecule has 0 aromatic heterocycles. The average Bonchev–Trinajstić information content (AvgIpc) is 2.43. The summed E-state index contributed by atoms with van der Waals surface area (Å²) in [5.41, 5.74) is 1.28. The van der Waals surface area contributed by atoms with Crippen LogP contribution in [0.15, 0.2) is 12.1 Å². The van der Waals surface area contributed by atoms with Crippen molar-refractivity contribution in [2.24, 2.45) is 11.8 Å². The van der Waals surface area contributed by atoms with Crippen LogP contribution in [0.5, 0.6) is 0 Å². The molecule has 1 N–H and O–H groups in total. The van der Waals surface area contributed by atoms with Gasteiger partial charge >= 0.3 is 5.97 Å². The summed E-state index contributed by atoms with van der Waals surface area (Å²) in [6.45, 7) is 3.24. The van der Waals surface area contributed by atoms with Gasteiger partial charge in [0.1, 0.15) is 5.82 Å². The van der Waals surface area contributed by atoms with E-state index in [2.05, 4.69) is 0 Å². The molecule has 20 heavy (non-hydrogen) atoms. The average molecular weight is 278 g/mol. The van der Waals surface area contributed by atoms with Crippen molar-refractivity contribution in [1.29, 1.82) is 0 Å². The van der Waals surface area contributed by atoms with E-state index in [9.17, 15) is 19.1 Å². The number of benzene rings is 1. The van der Waals surface area contributed by atoms with E-state index in [4.69, 9.17) is 0 Å². The molecule has 1 aromatic carbocycles. The van der Waals surface area contributed by atoms with E-state index in [1.54, 1.807) is 13.8 Å². The summed E-state index contributed by atoms with van der Waals surface area (Å²) < 4.78 is 13.6. The summed E-state index contributed by atoms with van der Waals surface area (Å²) in [7, 11) is 0. The van der Waals surface area contributed by atoms with E-state index in [0.717, 1.165) is 12.8 Å². The fourth-order valence-electron chi connectivity index (χ4n) is 3.04. The Bertz CT molecular complexity index is 528. The molecule has 0 radical (unpaired) electrons. The summed E-state index contributed by atoms with van der Waals surface area (Å²) in [6.07, 6.45) is 2.87. The Balaban J connectivity index is 2.32. The van der Waals surface area contributed by atoms with E-state index < -0.39 is 17.8 Å². The van der Waals surface area contributed by atoms with Crippen LogP contribution < -0.4 is 0 Å². The minimum Gasteiger partial charge on any atom is -0.481 e. The zero-order chi connectivity index (χ0) is 14.9. The lowest BCUT2D eigenvalue weighted by Crippen LogP contribution is -2.32. The Morgan fingerprint density at radius 2 is 1.60 bits per heavy atom. The fraction of sp³-hybridized carbons (Fsp3) is 0.500. The standard InChI is InChI=1S/C16H19FO3/c1-9-7-11(8-10(2)14(9)17)15(18)12-5-3-4-6-13(12)16(19)20/h7-8,12-13H,3-6H2,1-2H3,(H,19,20). The third-order valence-electron chi connectivity index (χ3n) is 4.14. The molecule has 0 bridgehead atoms. The van der Waals surface area contributed by atoms with Crippen molar-refractivity contribution in [3.05, 3.63) is 34.6 Å². The molecule has 1 aromatic rings. The van der Waals surface area contributed by atoms with Crippen LogP contribution in [-0.4, -0.2) is 16.9 Å². The van der Waals surface area contributed by atoms with Crippen molar-refractivity contribution in [2.45, 2.75) is 39.5 Å². The van der Waals surface area contributed by atoms with Gasteiger partial charge < -0.3 is 5.11 Å². The monoisotopic (exact) mass is 278 g/mol. The first kappa shape index (κ1) is 14.7. The fourth-order valence-corrected chi connectivity index (χ4v) is 3.04. The molecule has 2 unspecified atom stereocenters. The SMILES string of the molecule is Cc1cc(C(=O)C2CCCCC2C(=O)O)cc(C)c1F. The van der Waals surface area contributed by atoms with Gasteiger partial charge in [-0.3, -0.25) is 9.59 Å². The van der Waals surface area contributed by atoms with Crippen LogP contribution in [0.2, 0.25) is 0 Å². The molecular weight excluding hydrogens is 259 g/mol. The number of hydrogen-bond donors (Lipinski definition) is 1. The van der Waals surface area contributed by atoms with Crippen LogP contribution >= 0.6 is 0 Å². The van der Waals surface area contributed by atoms with Gasteiger partial charge in [-0.05, 0) is 49.9 Å². The summed E-state index contributed by atoms with van der Waals surface area (Å²) in [4.78, 5) is 23.8. The van der Waals surface area contributed by atoms with E-state index in [1.807, 2.05) is 0 Å². The van der Waals surface area contributed by atoms with Gasteiger partial charge in [0.25, 0.3) is 0 Å². The highest BCUT2D eigenvalue weighted by atomic mass is 19.1. The number of ketones is 1. The van der Waals surface area contributed by atoms with Gasteiger partial charge in [0.05, 0.1) is 5.92 Å². The molecule has 2 atom stereocenters. The van der Waals surface area contributed by atoms with Crippen molar-refractivity contribution in [3.8, 4) is 0 Å². The van der Waals surface area contributed by atoms with Crippen molar-refractivity contribution in [3.63, 3.8) is 0 Å². The van der Waals surface area contributed by atoms with E-state index in [0.29, 0.717) is 29.5 Å². The molecule has 1 saturated carbocycles. The summed E-state index contributed by atoms with van der Waals surface area (Å²) >= 11 is 0. The topological polar surface area (TPSA) is 54.4 Å². The van der Waals surface area contributed by atoms with Gasteiger partial charge in [0.15, 0.2) is 5.78 Å². The molecule has 0 saturated heterocycles. The number of hydrogen-bond acceptors (Lipinski definition) is 2. The number of halogens is 1. The zero-order valence-corrected chi connectivity index (χ0v) is 11.8. The third-order valence-corrected chi connectivity index (χ3v) is 4.14. The number of carboxylic acids is 1. The Labute approximate surface area is 117 Å². The normalized spacial score (nSPS) is 22.6. The van der Waals surface area contributed by atoms with E-state index >= 15 is 0 Å². The predicted octanol–water partition coefficient (Wildman–Crippen LogP) is 3.52. The number of rotatable bonds is 3. The van der Waals surface area contributed by atoms with Crippen molar-refractivity contribution >= 4 is 11.8 Å². The molecule has 0 spiro atoms. The van der Waals surface area contributed by atoms with E-state index in [1.165, 1.54) is 12.1 Å². The minimum absolute atomic E-state index is 0.164. The third kappa shape index (κ3) is 2.74. The number of Topliss-reactive ketones (excluding diaryl/α,β-unsaturated/α-hetero) is 1. The van der Waals surface area contributed by atoms with Crippen molar-refractivity contribution < 1.29 is 19.1 Å². The Morgan fingerprint density at radius 1 is 1.10 bits per heavy atom. The van der Waals surface area contributed by atoms with Crippen LogP contribution in [0.25, 0.3) is 0 Å². The van der Waals surface area contributed by atoms with Gasteiger partial charge in [-0.25, -0.2) is 4.39 Å². The van der Waals surface area contributed by atoms with Crippen LogP contribution in [0, 0.1) is 31.5 Å². The molecule has 2 rings (SSSR count). The molecule has 4 heteroatoms. The summed E-state index contributed by atoms with van der Waals surface area (Å²) in [5, 5.41) is 9.25. The molecule has 1 aliphatic rings. The second-order valence-corrected chi connectivity index (χ2v) is 5.62. The van der Waals surface area contributed by atoms with Gasteiger partial charge in [0.2, 0.25) is 0 Å². The zero-order valence-electron chi connectivity index (χ0n) is 11.8. The first-order valence-corrected chi connectivity index (χ1v) is 6.95. The largest absolute Gasteiger partial charge is 0.481 e. The van der Waals surface area contributed by atoms with Crippen LogP contribution in [-0.2, 0) is 4.79 Å². The van der Waals surface area contributed by atoms with Gasteiger partial charge in [-0.2, -0.15) is 0 Å². The molecule has 108 valence electrons. The Kier molecular flexibility index (Phi) is 4.21. The number of carbonyl (C=O) groups is 2. The molecule has 0 heterocycles. The van der Waals surface area contributed by atoms with Crippen LogP contribution in [0.1, 0.15) is 47.2 Å². The molecule has 1 aliphatic carbocycles. The lowest BCUT2D eigenvalue weighted by atomic mass is 9.75. The molecule has 0 amide bonds. The highest BCUT2D eigenvalue weighted by molar-refractivity contribution is 6.00. The smallest absolute Gasteiger partial charge is 0.307 e. The maximum absolute atomic E-state index is 13.6. The lowest BCUT2D eigenvalue weighted by Gasteiger charge is -2.27. The minimum atomic E-state index is -0.904. The second kappa shape index (κ2) is 5.73. The first-order chi connectivity index (χ1) is 9.41. The lowest BCUT2D eigenvalue weighted by molar-refractivity contribution is -0.144. The quantitative estimate of drug-likeness (QED) is 0.861. The number of carbonyl (C=O) groups excluding carboxylic acids is 1. The second-order valence-electron chi connectivity index (χ2n) is 5.62.